The third kappa shape index (κ3) is 6.98. The minimum absolute atomic E-state index is 0.644. The summed E-state index contributed by atoms with van der Waals surface area (Å²) < 4.78 is 0. The molecule has 1 aromatic heterocycles. The van der Waals surface area contributed by atoms with E-state index in [2.05, 4.69) is 23.5 Å². The number of aromatic nitrogens is 2. The smallest absolute Gasteiger partial charge is 0.0616 e. The highest BCUT2D eigenvalue weighted by Crippen LogP contribution is 2.05. The Bertz CT molecular complexity index is 499. The molecule has 20 heavy (non-hydrogen) atoms. The van der Waals surface area contributed by atoms with Gasteiger partial charge in [-0.25, -0.2) is 0 Å². The van der Waals surface area contributed by atoms with Gasteiger partial charge in [-0.1, -0.05) is 32.1 Å². The number of nitrogens with one attached hydrogen (secondary N) is 1. The fourth-order valence-electron chi connectivity index (χ4n) is 1.70. The van der Waals surface area contributed by atoms with E-state index in [9.17, 15) is 0 Å². The van der Waals surface area contributed by atoms with Gasteiger partial charge in [0.25, 0.3) is 0 Å². The highest BCUT2D eigenvalue weighted by atomic mass is 14.8. The Morgan fingerprint density at radius 2 is 1.90 bits per heavy atom. The molecule has 0 aliphatic heterocycles. The van der Waals surface area contributed by atoms with E-state index in [-0.39, 0.29) is 0 Å². The summed E-state index contributed by atoms with van der Waals surface area (Å²) in [5.41, 5.74) is 5.90. The summed E-state index contributed by atoms with van der Waals surface area (Å²) in [5, 5.41) is 7.34. The van der Waals surface area contributed by atoms with Crippen molar-refractivity contribution in [3.05, 3.63) is 47.1 Å². The van der Waals surface area contributed by atoms with Crippen LogP contribution in [0.2, 0.25) is 0 Å². The average Bonchev–Trinajstić information content (AvgIpc) is 2.39. The average molecular weight is 273 g/mol. The van der Waals surface area contributed by atoms with Gasteiger partial charge in [-0.3, -0.25) is 9.97 Å². The van der Waals surface area contributed by atoms with Crippen molar-refractivity contribution in [2.75, 3.05) is 0 Å². The third-order valence-electron chi connectivity index (χ3n) is 2.79. The summed E-state index contributed by atoms with van der Waals surface area (Å²) in [5.74, 6) is 0. The van der Waals surface area contributed by atoms with Crippen LogP contribution in [0.1, 0.15) is 51.2 Å². The predicted octanol–water partition coefficient (Wildman–Crippen LogP) is 4.59. The Hall–Kier alpha value is -1.77. The van der Waals surface area contributed by atoms with Crippen LogP contribution in [0.25, 0.3) is 0 Å². The molecule has 0 unspecified atom stereocenters. The first kappa shape index (κ1) is 18.2. The molecule has 110 valence electrons. The number of aryl methyl sites for hydroxylation is 3. The number of hydrogen-bond donors (Lipinski definition) is 1. The van der Waals surface area contributed by atoms with Gasteiger partial charge in [-0.15, -0.1) is 0 Å². The zero-order chi connectivity index (χ0) is 15.7. The van der Waals surface area contributed by atoms with Crippen LogP contribution >= 0.6 is 0 Å². The summed E-state index contributed by atoms with van der Waals surface area (Å²) in [6, 6.07) is 0. The van der Waals surface area contributed by atoms with Crippen molar-refractivity contribution in [1.82, 2.24) is 9.97 Å². The maximum atomic E-state index is 7.34. The van der Waals surface area contributed by atoms with E-state index in [4.69, 9.17) is 5.41 Å². The Morgan fingerprint density at radius 1 is 1.30 bits per heavy atom. The lowest BCUT2D eigenvalue weighted by molar-refractivity contribution is 0.930. The molecular formula is C17H27N3. The van der Waals surface area contributed by atoms with Crippen molar-refractivity contribution < 1.29 is 0 Å². The highest BCUT2D eigenvalue weighted by Gasteiger charge is 1.97. The third-order valence-corrected chi connectivity index (χ3v) is 2.79. The molecule has 0 aliphatic rings. The van der Waals surface area contributed by atoms with Crippen LogP contribution in [0, 0.1) is 19.3 Å². The molecule has 0 aliphatic carbocycles. The summed E-state index contributed by atoms with van der Waals surface area (Å²) >= 11 is 0. The zero-order valence-electron chi connectivity index (χ0n) is 13.7. The summed E-state index contributed by atoms with van der Waals surface area (Å²) in [6.45, 7) is 15.6. The van der Waals surface area contributed by atoms with E-state index in [1.54, 1.807) is 13.1 Å². The second-order valence-corrected chi connectivity index (χ2v) is 4.89. The van der Waals surface area contributed by atoms with Crippen LogP contribution in [0.5, 0.6) is 0 Å². The lowest BCUT2D eigenvalue weighted by Gasteiger charge is -2.00. The normalized spacial score (nSPS) is 10.6. The van der Waals surface area contributed by atoms with Gasteiger partial charge in [0.2, 0.25) is 0 Å². The molecule has 0 bridgehead atoms. The van der Waals surface area contributed by atoms with Crippen molar-refractivity contribution >= 4 is 5.71 Å². The lowest BCUT2D eigenvalue weighted by Crippen LogP contribution is -1.96. The van der Waals surface area contributed by atoms with Crippen molar-refractivity contribution in [3.8, 4) is 0 Å². The highest BCUT2D eigenvalue weighted by molar-refractivity contribution is 5.95. The van der Waals surface area contributed by atoms with Gasteiger partial charge in [0.15, 0.2) is 0 Å². The minimum Gasteiger partial charge on any atom is -0.305 e. The monoisotopic (exact) mass is 273 g/mol. The van der Waals surface area contributed by atoms with Crippen LogP contribution in [0.4, 0.5) is 0 Å². The standard InChI is InChI=1S/C9H15N.C8H12N2/c1-5-9(8(4)10)6-7(2)3;1-4-8-7(3)9-5-6(2)10-8/h6,10H,2,5H2,1,3-4H3;5H,4H2,1-3H3/b9-6-,10-8?;. The first-order chi connectivity index (χ1) is 9.31. The molecule has 1 rings (SSSR count). The summed E-state index contributed by atoms with van der Waals surface area (Å²) in [4.78, 5) is 8.52. The van der Waals surface area contributed by atoms with Crippen LogP contribution in [-0.2, 0) is 6.42 Å². The van der Waals surface area contributed by atoms with Crippen molar-refractivity contribution in [2.24, 2.45) is 0 Å². The van der Waals surface area contributed by atoms with E-state index in [0.717, 1.165) is 41.1 Å². The second kappa shape index (κ2) is 9.18. The largest absolute Gasteiger partial charge is 0.305 e. The molecule has 0 aromatic carbocycles. The predicted molar refractivity (Wildman–Crippen MR) is 87.5 cm³/mol. The van der Waals surface area contributed by atoms with Crippen molar-refractivity contribution in [1.29, 1.82) is 5.41 Å². The molecule has 0 radical (unpaired) electrons. The molecule has 0 amide bonds. The van der Waals surface area contributed by atoms with Crippen LogP contribution in [0.3, 0.4) is 0 Å². The first-order valence-corrected chi connectivity index (χ1v) is 7.02. The first-order valence-electron chi connectivity index (χ1n) is 7.02. The number of nitrogens with zero attached hydrogens (tertiary/aromatic N) is 2. The van der Waals surface area contributed by atoms with Crippen LogP contribution in [-0.4, -0.2) is 15.7 Å². The van der Waals surface area contributed by atoms with Crippen molar-refractivity contribution in [2.45, 2.75) is 54.4 Å². The lowest BCUT2D eigenvalue weighted by atomic mass is 10.1. The molecule has 1 heterocycles. The molecule has 0 fully saturated rings. The maximum Gasteiger partial charge on any atom is 0.0616 e. The molecular weight excluding hydrogens is 246 g/mol. The van der Waals surface area contributed by atoms with Gasteiger partial charge >= 0.3 is 0 Å². The fraction of sp³-hybridized carbons (Fsp3) is 0.471. The molecule has 1 aromatic rings. The summed E-state index contributed by atoms with van der Waals surface area (Å²) in [6.07, 6.45) is 5.65. The molecule has 3 nitrogen and oxygen atoms in total. The van der Waals surface area contributed by atoms with E-state index < -0.39 is 0 Å². The number of hydrogen-bond acceptors (Lipinski definition) is 3. The second-order valence-electron chi connectivity index (χ2n) is 4.89. The van der Waals surface area contributed by atoms with E-state index in [1.165, 1.54) is 0 Å². The van der Waals surface area contributed by atoms with E-state index >= 15 is 0 Å². The quantitative estimate of drug-likeness (QED) is 0.644. The van der Waals surface area contributed by atoms with Crippen LogP contribution in [0.15, 0.2) is 30.0 Å². The Kier molecular flexibility index (Phi) is 8.37. The van der Waals surface area contributed by atoms with Gasteiger partial charge in [0, 0.05) is 11.9 Å². The molecule has 1 N–H and O–H groups in total. The molecule has 0 saturated heterocycles. The number of allylic oxidation sites excluding steroid dienone is 3. The van der Waals surface area contributed by atoms with Gasteiger partial charge in [0.05, 0.1) is 17.1 Å². The topological polar surface area (TPSA) is 49.6 Å². The van der Waals surface area contributed by atoms with Gasteiger partial charge in [-0.05, 0) is 46.1 Å². The Labute approximate surface area is 123 Å². The fourth-order valence-corrected chi connectivity index (χ4v) is 1.70. The summed E-state index contributed by atoms with van der Waals surface area (Å²) in [7, 11) is 0. The van der Waals surface area contributed by atoms with Crippen LogP contribution < -0.4 is 0 Å². The maximum absolute atomic E-state index is 7.34. The minimum atomic E-state index is 0.644. The SMILES string of the molecule is C=C(C)/C=C(/CC)C(C)=N.CCc1nc(C)cnc1C. The molecule has 3 heteroatoms. The zero-order valence-corrected chi connectivity index (χ0v) is 13.7. The molecule has 0 atom stereocenters. The van der Waals surface area contributed by atoms with E-state index in [0.29, 0.717) is 5.71 Å². The molecule has 0 spiro atoms. The van der Waals surface area contributed by atoms with Gasteiger partial charge < -0.3 is 5.41 Å². The van der Waals surface area contributed by atoms with Gasteiger partial charge in [0.1, 0.15) is 0 Å². The number of rotatable bonds is 4. The Balaban J connectivity index is 0.000000361. The van der Waals surface area contributed by atoms with Gasteiger partial charge in [-0.2, -0.15) is 0 Å². The van der Waals surface area contributed by atoms with E-state index in [1.807, 2.05) is 33.8 Å². The van der Waals surface area contributed by atoms with Crippen molar-refractivity contribution in [3.63, 3.8) is 0 Å². The molecule has 0 saturated carbocycles. The Morgan fingerprint density at radius 3 is 2.20 bits per heavy atom.